The van der Waals surface area contributed by atoms with Gasteiger partial charge in [-0.3, -0.25) is 28.8 Å². The fourth-order valence-electron chi connectivity index (χ4n) is 8.67. The van der Waals surface area contributed by atoms with Crippen LogP contribution in [-0.2, 0) is 47.8 Å². The number of carbonyl (C=O) groups is 8. The third-order valence-electron chi connectivity index (χ3n) is 13.0. The van der Waals surface area contributed by atoms with Crippen molar-refractivity contribution in [2.24, 2.45) is 11.8 Å². The highest BCUT2D eigenvalue weighted by molar-refractivity contribution is 8.76. The molecule has 0 saturated carbocycles. The number of para-hydroxylation sites is 4. The molecule has 22 heteroatoms. The number of pyridine rings is 2. The van der Waals surface area contributed by atoms with Crippen molar-refractivity contribution >= 4 is 124 Å². The lowest BCUT2D eigenvalue weighted by molar-refractivity contribution is -0.151. The average molecular weight is 1070 g/mol. The van der Waals surface area contributed by atoms with Gasteiger partial charge in [0, 0.05) is 33.1 Å². The molecular formula is C54H60N10O10S2. The Morgan fingerprint density at radius 2 is 0.763 bits per heavy atom. The van der Waals surface area contributed by atoms with Gasteiger partial charge in [0.05, 0.1) is 33.4 Å². The van der Waals surface area contributed by atoms with E-state index in [2.05, 4.69) is 42.5 Å². The summed E-state index contributed by atoms with van der Waals surface area (Å²) in [6.07, 6.45) is 0. The summed E-state index contributed by atoms with van der Waals surface area (Å²) in [6, 6.07) is 18.7. The van der Waals surface area contributed by atoms with Crippen LogP contribution in [0.1, 0.15) is 41.5 Å². The van der Waals surface area contributed by atoms with Gasteiger partial charge >= 0.3 is 11.9 Å². The predicted molar refractivity (Wildman–Crippen MR) is 293 cm³/mol. The number of anilines is 2. The van der Waals surface area contributed by atoms with Gasteiger partial charge in [0.15, 0.2) is 0 Å². The van der Waals surface area contributed by atoms with Gasteiger partial charge in [0.2, 0.25) is 35.4 Å². The molecule has 2 aromatic heterocycles. The first-order valence-electron chi connectivity index (χ1n) is 24.9. The first-order valence-corrected chi connectivity index (χ1v) is 27.4. The first kappa shape index (κ1) is 54.5. The normalized spacial score (nSPS) is 24.4. The van der Waals surface area contributed by atoms with E-state index >= 15 is 0 Å². The van der Waals surface area contributed by atoms with E-state index in [1.54, 1.807) is 27.7 Å². The molecule has 0 spiro atoms. The van der Waals surface area contributed by atoms with Gasteiger partial charge in [0.1, 0.15) is 61.5 Å². The molecule has 8 rings (SSSR count). The maximum absolute atomic E-state index is 14.4. The van der Waals surface area contributed by atoms with Crippen LogP contribution in [0, 0.1) is 11.8 Å². The fourth-order valence-corrected chi connectivity index (χ4v) is 11.0. The second-order valence-electron chi connectivity index (χ2n) is 19.3. The van der Waals surface area contributed by atoms with Crippen molar-refractivity contribution in [1.29, 1.82) is 0 Å². The number of benzene rings is 4. The number of esters is 2. The van der Waals surface area contributed by atoms with Crippen LogP contribution in [0.2, 0.25) is 0 Å². The minimum Gasteiger partial charge on any atom is -0.461 e. The Balaban J connectivity index is 1.14. The highest BCUT2D eigenvalue weighted by Crippen LogP contribution is 2.33. The molecule has 8 unspecified atom stereocenters. The van der Waals surface area contributed by atoms with Crippen molar-refractivity contribution in [1.82, 2.24) is 41.9 Å². The number of amides is 6. The lowest BCUT2D eigenvalue weighted by Gasteiger charge is -2.29. The van der Waals surface area contributed by atoms with Crippen LogP contribution in [0.5, 0.6) is 0 Å². The molecular weight excluding hydrogens is 1010 g/mol. The van der Waals surface area contributed by atoms with Crippen LogP contribution in [0.4, 0.5) is 11.4 Å². The number of nitrogens with one attached hydrogen (secondary N) is 8. The van der Waals surface area contributed by atoms with Crippen molar-refractivity contribution in [2.75, 3.05) is 35.4 Å². The lowest BCUT2D eigenvalue weighted by atomic mass is 10.0. The Morgan fingerprint density at radius 3 is 1.08 bits per heavy atom. The molecule has 20 nitrogen and oxygen atoms in total. The summed E-state index contributed by atoms with van der Waals surface area (Å²) in [6.45, 7) is 8.46. The third-order valence-corrected chi connectivity index (χ3v) is 15.4. The number of rotatable bonds is 6. The zero-order chi connectivity index (χ0) is 54.2. The Hall–Kier alpha value is -7.72. The number of carbonyl (C=O) groups excluding carboxylic acids is 8. The van der Waals surface area contributed by atoms with Gasteiger partial charge in [-0.05, 0) is 49.9 Å². The van der Waals surface area contributed by atoms with E-state index in [4.69, 9.17) is 19.4 Å². The van der Waals surface area contributed by atoms with Crippen molar-refractivity contribution < 1.29 is 47.8 Å². The van der Waals surface area contributed by atoms with Crippen LogP contribution in [0.25, 0.3) is 43.6 Å². The molecule has 2 aliphatic rings. The van der Waals surface area contributed by atoms with E-state index in [9.17, 15) is 38.4 Å². The monoisotopic (exact) mass is 1070 g/mol. The zero-order valence-corrected chi connectivity index (χ0v) is 44.3. The van der Waals surface area contributed by atoms with Gasteiger partial charge in [0.25, 0.3) is 0 Å². The second-order valence-corrected chi connectivity index (χ2v) is 21.9. The molecule has 0 aliphatic carbocycles. The highest BCUT2D eigenvalue weighted by Gasteiger charge is 2.37. The van der Waals surface area contributed by atoms with E-state index in [-0.39, 0.29) is 11.5 Å². The fraction of sp³-hybridized carbons (Fsp3) is 0.370. The molecule has 4 heterocycles. The lowest BCUT2D eigenvalue weighted by Crippen LogP contribution is -2.59. The van der Waals surface area contributed by atoms with Gasteiger partial charge < -0.3 is 52.0 Å². The maximum Gasteiger partial charge on any atom is 0.328 e. The minimum atomic E-state index is -1.33. The van der Waals surface area contributed by atoms with Gasteiger partial charge in [-0.25, -0.2) is 19.6 Å². The number of hydrogen-bond acceptors (Lipinski definition) is 16. The van der Waals surface area contributed by atoms with E-state index in [0.717, 1.165) is 21.6 Å². The topological polar surface area (TPSA) is 277 Å². The highest BCUT2D eigenvalue weighted by atomic mass is 33.1. The minimum absolute atomic E-state index is 0.120. The zero-order valence-electron chi connectivity index (χ0n) is 42.6. The first-order chi connectivity index (χ1) is 36.5. The largest absolute Gasteiger partial charge is 0.461 e. The number of cyclic esters (lactones) is 2. The molecule has 2 bridgehead atoms. The molecule has 6 amide bonds. The Bertz CT molecular complexity index is 2900. The quantitative estimate of drug-likeness (QED) is 0.0662. The predicted octanol–water partition coefficient (Wildman–Crippen LogP) is 4.11. The van der Waals surface area contributed by atoms with Crippen molar-refractivity contribution in [3.05, 3.63) is 97.1 Å². The standard InChI is InChI=1S/C54H60N10O10S2/c1-27(2)43-53(71)73-23-39(59-45-31-15-7-11-19-35(31)57-36-20-12-8-16-32(36)45)49(67)55-30(6)48(66)62-42-26-76-75-25-41(51(69)63-43)61-47(65)29(5)56-50(68)40(24-74-54(72)44(28(3)4)64-52(42)70)60-46-33-17-9-13-21-37(33)58-38-22-14-10-18-34(38)46/h7-22,27-30,39-44H,23-26H2,1-6H3,(H,55,67)(H,56,68)(H,57,59)(H,58,60)(H,61,65)(H,62,66)(H,63,69)(H,64,70). The molecule has 398 valence electrons. The molecule has 4 aromatic carbocycles. The number of fused-ring (bicyclic) bond motifs is 9. The molecule has 6 aromatic rings. The number of hydrogen-bond donors (Lipinski definition) is 8. The van der Waals surface area contributed by atoms with Crippen LogP contribution in [0.3, 0.4) is 0 Å². The molecule has 2 saturated heterocycles. The van der Waals surface area contributed by atoms with Crippen molar-refractivity contribution in [3.8, 4) is 0 Å². The number of nitrogens with zero attached hydrogens (tertiary/aromatic N) is 2. The van der Waals surface area contributed by atoms with Crippen LogP contribution in [-0.4, -0.2) is 130 Å². The smallest absolute Gasteiger partial charge is 0.328 e. The van der Waals surface area contributed by atoms with Crippen molar-refractivity contribution in [3.63, 3.8) is 0 Å². The molecule has 2 fully saturated rings. The summed E-state index contributed by atoms with van der Waals surface area (Å²) in [5.41, 5.74) is 3.47. The SMILES string of the molecule is CC1NC(=O)C(Nc2c3ccccc3nc3ccccc23)COC(=O)C(C(C)C)NC(=O)C2CSSCC(NC1=O)C(=O)NC(C(C)C)C(=O)OCC(Nc1c3ccccc3nc3ccccc13)C(=O)NC(C)C(=O)N2. The maximum atomic E-state index is 14.4. The number of ether oxygens (including phenoxy) is 2. The second kappa shape index (κ2) is 24.3. The Morgan fingerprint density at radius 1 is 0.447 bits per heavy atom. The summed E-state index contributed by atoms with van der Waals surface area (Å²) < 4.78 is 11.7. The molecule has 2 aliphatic heterocycles. The third kappa shape index (κ3) is 12.7. The molecule has 8 N–H and O–H groups in total. The summed E-state index contributed by atoms with van der Waals surface area (Å²) in [4.78, 5) is 124. The Kier molecular flexibility index (Phi) is 17.4. The van der Waals surface area contributed by atoms with Crippen LogP contribution in [0.15, 0.2) is 97.1 Å². The van der Waals surface area contributed by atoms with Gasteiger partial charge in [-0.1, -0.05) is 122 Å². The summed E-state index contributed by atoms with van der Waals surface area (Å²) in [5.74, 6) is -7.69. The molecule has 0 radical (unpaired) electrons. The van der Waals surface area contributed by atoms with Crippen LogP contribution >= 0.6 is 21.6 Å². The van der Waals surface area contributed by atoms with E-state index < -0.39 is 121 Å². The van der Waals surface area contributed by atoms with E-state index in [0.29, 0.717) is 55.0 Å². The summed E-state index contributed by atoms with van der Waals surface area (Å²) in [7, 11) is 2.16. The summed E-state index contributed by atoms with van der Waals surface area (Å²) >= 11 is 0. The van der Waals surface area contributed by atoms with E-state index in [1.165, 1.54) is 13.8 Å². The van der Waals surface area contributed by atoms with Gasteiger partial charge in [-0.2, -0.15) is 0 Å². The average Bonchev–Trinajstić information content (AvgIpc) is 3.41. The van der Waals surface area contributed by atoms with Crippen LogP contribution < -0.4 is 42.5 Å². The van der Waals surface area contributed by atoms with E-state index in [1.807, 2.05) is 97.1 Å². The molecule has 8 atom stereocenters. The Labute approximate surface area is 445 Å². The molecule has 76 heavy (non-hydrogen) atoms. The summed E-state index contributed by atoms with van der Waals surface area (Å²) in [5, 5.41) is 25.5. The number of aromatic nitrogens is 2. The van der Waals surface area contributed by atoms with Gasteiger partial charge in [-0.15, -0.1) is 0 Å². The van der Waals surface area contributed by atoms with Crippen molar-refractivity contribution in [2.45, 2.75) is 89.9 Å².